The number of aromatic amines is 1. The third-order valence-electron chi connectivity index (χ3n) is 4.62. The maximum atomic E-state index is 12.8. The third kappa shape index (κ3) is 2.99. The number of nitrogens with one attached hydrogen (secondary N) is 1. The summed E-state index contributed by atoms with van der Waals surface area (Å²) in [6.07, 6.45) is 1.71. The van der Waals surface area contributed by atoms with E-state index in [2.05, 4.69) is 4.98 Å². The van der Waals surface area contributed by atoms with Crippen LogP contribution in [-0.2, 0) is 4.79 Å². The highest BCUT2D eigenvalue weighted by molar-refractivity contribution is 6.03. The Kier molecular flexibility index (Phi) is 4.27. The van der Waals surface area contributed by atoms with Crippen LogP contribution in [0, 0.1) is 0 Å². The Hall–Kier alpha value is -3.34. The van der Waals surface area contributed by atoms with Crippen molar-refractivity contribution in [2.75, 3.05) is 24.5 Å². The molecule has 1 aliphatic heterocycles. The number of carbonyl (C=O) groups excluding carboxylic acids is 2. The van der Waals surface area contributed by atoms with Crippen LogP contribution in [0.3, 0.4) is 0 Å². The molecule has 0 radical (unpaired) electrons. The van der Waals surface area contributed by atoms with E-state index in [0.717, 1.165) is 16.8 Å². The zero-order valence-corrected chi connectivity index (χ0v) is 14.3. The van der Waals surface area contributed by atoms with E-state index in [9.17, 15) is 9.59 Å². The van der Waals surface area contributed by atoms with Crippen molar-refractivity contribution >= 4 is 17.5 Å². The summed E-state index contributed by atoms with van der Waals surface area (Å²) >= 11 is 0. The van der Waals surface area contributed by atoms with Gasteiger partial charge in [0.05, 0.1) is 5.69 Å². The topological polar surface area (TPSA) is 56.4 Å². The summed E-state index contributed by atoms with van der Waals surface area (Å²) in [5.41, 5.74) is 3.48. The summed E-state index contributed by atoms with van der Waals surface area (Å²) < 4.78 is 0. The van der Waals surface area contributed by atoms with E-state index in [1.54, 1.807) is 28.1 Å². The van der Waals surface area contributed by atoms with Crippen LogP contribution in [0.15, 0.2) is 72.9 Å². The summed E-state index contributed by atoms with van der Waals surface area (Å²) in [5.74, 6) is -0.209. The highest BCUT2D eigenvalue weighted by Gasteiger charge is 2.30. The molecule has 0 spiro atoms. The standard InChI is InChI=1S/C21H19N3O2/c25-20-15-23(21(26)18-10-6-12-22-18)13-14-24(20)19-11-5-4-9-17(19)16-7-2-1-3-8-16/h1-12,22H,13-15H2. The summed E-state index contributed by atoms with van der Waals surface area (Å²) in [7, 11) is 0. The number of piperazine rings is 1. The molecule has 2 heterocycles. The molecule has 0 bridgehead atoms. The van der Waals surface area contributed by atoms with Crippen LogP contribution in [0.2, 0.25) is 0 Å². The first-order chi connectivity index (χ1) is 12.7. The minimum absolute atomic E-state index is 0.0699. The van der Waals surface area contributed by atoms with Crippen molar-refractivity contribution in [3.05, 3.63) is 78.6 Å². The van der Waals surface area contributed by atoms with Crippen LogP contribution in [0.1, 0.15) is 10.5 Å². The van der Waals surface area contributed by atoms with Crippen molar-refractivity contribution < 1.29 is 9.59 Å². The number of anilines is 1. The molecule has 1 saturated heterocycles. The zero-order chi connectivity index (χ0) is 17.9. The Labute approximate surface area is 151 Å². The lowest BCUT2D eigenvalue weighted by molar-refractivity contribution is -0.120. The molecule has 1 fully saturated rings. The molecule has 130 valence electrons. The second-order valence-corrected chi connectivity index (χ2v) is 6.24. The van der Waals surface area contributed by atoms with Crippen molar-refractivity contribution in [3.63, 3.8) is 0 Å². The average molecular weight is 345 g/mol. The van der Waals surface area contributed by atoms with Crippen molar-refractivity contribution in [1.82, 2.24) is 9.88 Å². The Bertz CT molecular complexity index is 919. The molecule has 2 amide bonds. The molecule has 0 saturated carbocycles. The van der Waals surface area contributed by atoms with Crippen LogP contribution in [0.25, 0.3) is 11.1 Å². The van der Waals surface area contributed by atoms with E-state index in [0.29, 0.717) is 18.8 Å². The van der Waals surface area contributed by atoms with Crippen LogP contribution in [0.5, 0.6) is 0 Å². The molecular weight excluding hydrogens is 326 g/mol. The number of rotatable bonds is 3. The molecule has 2 aromatic carbocycles. The molecule has 1 N–H and O–H groups in total. The van der Waals surface area contributed by atoms with Gasteiger partial charge in [0.1, 0.15) is 12.2 Å². The van der Waals surface area contributed by atoms with Gasteiger partial charge >= 0.3 is 0 Å². The van der Waals surface area contributed by atoms with Crippen LogP contribution >= 0.6 is 0 Å². The second-order valence-electron chi connectivity index (χ2n) is 6.24. The first kappa shape index (κ1) is 16.1. The summed E-state index contributed by atoms with van der Waals surface area (Å²) in [5, 5.41) is 0. The number of hydrogen-bond donors (Lipinski definition) is 1. The lowest BCUT2D eigenvalue weighted by atomic mass is 10.0. The van der Waals surface area contributed by atoms with Gasteiger partial charge in [-0.3, -0.25) is 9.59 Å². The number of nitrogens with zero attached hydrogens (tertiary/aromatic N) is 2. The predicted molar refractivity (Wildman–Crippen MR) is 101 cm³/mol. The fourth-order valence-corrected chi connectivity index (χ4v) is 3.31. The van der Waals surface area contributed by atoms with E-state index in [4.69, 9.17) is 0 Å². The van der Waals surface area contributed by atoms with E-state index < -0.39 is 0 Å². The third-order valence-corrected chi connectivity index (χ3v) is 4.62. The van der Waals surface area contributed by atoms with Gasteiger partial charge in [0.15, 0.2) is 0 Å². The average Bonchev–Trinajstić information content (AvgIpc) is 3.23. The van der Waals surface area contributed by atoms with Gasteiger partial charge in [-0.1, -0.05) is 48.5 Å². The second kappa shape index (κ2) is 6.88. The van der Waals surface area contributed by atoms with Gasteiger partial charge in [0.2, 0.25) is 5.91 Å². The number of H-pyrrole nitrogens is 1. The van der Waals surface area contributed by atoms with Gasteiger partial charge in [0.25, 0.3) is 5.91 Å². The monoisotopic (exact) mass is 345 g/mol. The van der Waals surface area contributed by atoms with Gasteiger partial charge in [-0.25, -0.2) is 0 Å². The van der Waals surface area contributed by atoms with Gasteiger partial charge in [0, 0.05) is 24.8 Å². The molecule has 0 atom stereocenters. The lowest BCUT2D eigenvalue weighted by Gasteiger charge is -2.35. The molecule has 5 heteroatoms. The normalized spacial score (nSPS) is 14.5. The van der Waals surface area contributed by atoms with Gasteiger partial charge in [-0.15, -0.1) is 0 Å². The Morgan fingerprint density at radius 2 is 1.65 bits per heavy atom. The summed E-state index contributed by atoms with van der Waals surface area (Å²) in [6.45, 7) is 1.07. The fraction of sp³-hybridized carbons (Fsp3) is 0.143. The first-order valence-corrected chi connectivity index (χ1v) is 8.61. The first-order valence-electron chi connectivity index (χ1n) is 8.61. The van der Waals surface area contributed by atoms with E-state index in [-0.39, 0.29) is 18.4 Å². The van der Waals surface area contributed by atoms with Crippen molar-refractivity contribution in [1.29, 1.82) is 0 Å². The van der Waals surface area contributed by atoms with Gasteiger partial charge < -0.3 is 14.8 Å². The predicted octanol–water partition coefficient (Wildman–Crippen LogP) is 3.17. The summed E-state index contributed by atoms with van der Waals surface area (Å²) in [4.78, 5) is 31.5. The van der Waals surface area contributed by atoms with E-state index in [1.807, 2.05) is 54.6 Å². The van der Waals surface area contributed by atoms with E-state index >= 15 is 0 Å². The number of amides is 2. The molecule has 1 aromatic heterocycles. The number of benzene rings is 2. The minimum atomic E-state index is -0.139. The van der Waals surface area contributed by atoms with Crippen LogP contribution in [0.4, 0.5) is 5.69 Å². The number of aromatic nitrogens is 1. The largest absolute Gasteiger partial charge is 0.357 e. The molecule has 4 rings (SSSR count). The van der Waals surface area contributed by atoms with Crippen LogP contribution in [-0.4, -0.2) is 41.3 Å². The Morgan fingerprint density at radius 1 is 0.885 bits per heavy atom. The minimum Gasteiger partial charge on any atom is -0.357 e. The fourth-order valence-electron chi connectivity index (χ4n) is 3.31. The highest BCUT2D eigenvalue weighted by atomic mass is 16.2. The quantitative estimate of drug-likeness (QED) is 0.793. The maximum Gasteiger partial charge on any atom is 0.270 e. The summed E-state index contributed by atoms with van der Waals surface area (Å²) in [6, 6.07) is 21.4. The highest BCUT2D eigenvalue weighted by Crippen LogP contribution is 2.31. The van der Waals surface area contributed by atoms with Crippen molar-refractivity contribution in [3.8, 4) is 11.1 Å². The SMILES string of the molecule is O=C(c1ccc[nH]1)N1CCN(c2ccccc2-c2ccccc2)C(=O)C1. The number of hydrogen-bond acceptors (Lipinski definition) is 2. The molecule has 5 nitrogen and oxygen atoms in total. The lowest BCUT2D eigenvalue weighted by Crippen LogP contribution is -2.52. The van der Waals surface area contributed by atoms with Crippen molar-refractivity contribution in [2.24, 2.45) is 0 Å². The molecule has 3 aromatic rings. The molecule has 0 aliphatic carbocycles. The zero-order valence-electron chi connectivity index (χ0n) is 14.3. The molecule has 26 heavy (non-hydrogen) atoms. The van der Waals surface area contributed by atoms with E-state index in [1.165, 1.54) is 0 Å². The van der Waals surface area contributed by atoms with Crippen molar-refractivity contribution in [2.45, 2.75) is 0 Å². The molecule has 1 aliphatic rings. The Balaban J connectivity index is 1.58. The molecule has 0 unspecified atom stereocenters. The number of para-hydroxylation sites is 1. The van der Waals surface area contributed by atoms with Crippen LogP contribution < -0.4 is 4.90 Å². The molecular formula is C21H19N3O2. The smallest absolute Gasteiger partial charge is 0.270 e. The number of carbonyl (C=O) groups is 2. The maximum absolute atomic E-state index is 12.8. The van der Waals surface area contributed by atoms with Gasteiger partial charge in [-0.05, 0) is 23.8 Å². The van der Waals surface area contributed by atoms with Gasteiger partial charge in [-0.2, -0.15) is 0 Å². The Morgan fingerprint density at radius 3 is 2.38 bits per heavy atom.